The molecule has 0 bridgehead atoms. The van der Waals surface area contributed by atoms with Gasteiger partial charge < -0.3 is 14.4 Å². The lowest BCUT2D eigenvalue weighted by Crippen LogP contribution is -2.26. The summed E-state index contributed by atoms with van der Waals surface area (Å²) in [6.07, 6.45) is -1.10. The lowest BCUT2D eigenvalue weighted by atomic mass is 10.1. The molecule has 17 heavy (non-hydrogen) atoms. The summed E-state index contributed by atoms with van der Waals surface area (Å²) in [6, 6.07) is 7.11. The lowest BCUT2D eigenvalue weighted by Gasteiger charge is -2.15. The minimum atomic E-state index is -2.41. The van der Waals surface area contributed by atoms with Gasteiger partial charge in [0.1, 0.15) is 7.14 Å². The third-order valence-electron chi connectivity index (χ3n) is 2.46. The molecule has 0 amide bonds. The highest BCUT2D eigenvalue weighted by Gasteiger charge is 2.21. The van der Waals surface area contributed by atoms with Crippen LogP contribution in [0.25, 0.3) is 0 Å². The number of aliphatic hydroxyl groups excluding tert-OH is 1. The van der Waals surface area contributed by atoms with Gasteiger partial charge >= 0.3 is 5.97 Å². The quantitative estimate of drug-likeness (QED) is 0.645. The average molecular weight is 256 g/mol. The molecule has 1 aromatic rings. The highest BCUT2D eigenvalue weighted by Crippen LogP contribution is 2.36. The van der Waals surface area contributed by atoms with Gasteiger partial charge in [0.25, 0.3) is 0 Å². The molecular formula is C12H17O4P. The molecule has 0 aromatic heterocycles. The van der Waals surface area contributed by atoms with E-state index in [9.17, 15) is 14.5 Å². The second kappa shape index (κ2) is 5.48. The van der Waals surface area contributed by atoms with E-state index in [1.54, 1.807) is 37.6 Å². The smallest absolute Gasteiger partial charge is 0.335 e. The van der Waals surface area contributed by atoms with Crippen molar-refractivity contribution in [2.45, 2.75) is 12.5 Å². The van der Waals surface area contributed by atoms with Crippen molar-refractivity contribution in [3.63, 3.8) is 0 Å². The van der Waals surface area contributed by atoms with Crippen LogP contribution < -0.4 is 5.30 Å². The van der Waals surface area contributed by atoms with Crippen LogP contribution in [0.3, 0.4) is 0 Å². The van der Waals surface area contributed by atoms with Gasteiger partial charge in [0.15, 0.2) is 6.10 Å². The van der Waals surface area contributed by atoms with Crippen LogP contribution in [0.1, 0.15) is 5.56 Å². The van der Waals surface area contributed by atoms with Crippen LogP contribution in [0.4, 0.5) is 0 Å². The van der Waals surface area contributed by atoms with Crippen molar-refractivity contribution in [2.24, 2.45) is 0 Å². The maximum absolute atomic E-state index is 12.1. The molecule has 0 saturated carbocycles. The van der Waals surface area contributed by atoms with Gasteiger partial charge in [-0.15, -0.1) is 0 Å². The summed E-state index contributed by atoms with van der Waals surface area (Å²) in [6.45, 7) is 3.33. The minimum Gasteiger partial charge on any atom is -0.467 e. The normalized spacial score (nSPS) is 13.2. The van der Waals surface area contributed by atoms with Crippen LogP contribution in [0.2, 0.25) is 0 Å². The van der Waals surface area contributed by atoms with Crippen LogP contribution in [0.15, 0.2) is 24.3 Å². The van der Waals surface area contributed by atoms with E-state index in [1.807, 2.05) is 0 Å². The first-order chi connectivity index (χ1) is 7.86. The fourth-order valence-corrected chi connectivity index (χ4v) is 2.94. The van der Waals surface area contributed by atoms with E-state index in [2.05, 4.69) is 4.74 Å². The SMILES string of the molecule is COC(=O)C(O)Cc1ccccc1P(C)(C)=O. The molecule has 0 spiro atoms. The Bertz CT molecular complexity index is 450. The zero-order valence-corrected chi connectivity index (χ0v) is 11.1. The molecule has 0 radical (unpaired) electrons. The van der Waals surface area contributed by atoms with Crippen molar-refractivity contribution in [1.29, 1.82) is 0 Å². The van der Waals surface area contributed by atoms with E-state index in [1.165, 1.54) is 7.11 Å². The second-order valence-electron chi connectivity index (χ2n) is 4.22. The molecule has 1 rings (SSSR count). The number of aliphatic hydroxyl groups is 1. The Labute approximate surface area is 101 Å². The molecule has 4 nitrogen and oxygen atoms in total. The lowest BCUT2D eigenvalue weighted by molar-refractivity contribution is -0.150. The van der Waals surface area contributed by atoms with Gasteiger partial charge in [0.2, 0.25) is 0 Å². The maximum Gasteiger partial charge on any atom is 0.335 e. The van der Waals surface area contributed by atoms with Crippen LogP contribution >= 0.6 is 7.14 Å². The van der Waals surface area contributed by atoms with E-state index in [0.717, 1.165) is 5.56 Å². The maximum atomic E-state index is 12.1. The van der Waals surface area contributed by atoms with Crippen molar-refractivity contribution in [1.82, 2.24) is 0 Å². The number of esters is 1. The Hall–Kier alpha value is -1.12. The Morgan fingerprint density at radius 2 is 2.00 bits per heavy atom. The Balaban J connectivity index is 3.00. The molecule has 1 N–H and O–H groups in total. The number of hydrogen-bond acceptors (Lipinski definition) is 4. The van der Waals surface area contributed by atoms with E-state index in [0.29, 0.717) is 5.30 Å². The Kier molecular flexibility index (Phi) is 4.49. The number of carbonyl (C=O) groups excluding carboxylic acids is 1. The molecule has 0 fully saturated rings. The van der Waals surface area contributed by atoms with Gasteiger partial charge in [-0.05, 0) is 18.9 Å². The number of carbonyl (C=O) groups is 1. The highest BCUT2D eigenvalue weighted by atomic mass is 31.2. The summed E-state index contributed by atoms with van der Waals surface area (Å²) in [5.41, 5.74) is 0.721. The van der Waals surface area contributed by atoms with Crippen molar-refractivity contribution in [2.75, 3.05) is 20.4 Å². The highest BCUT2D eigenvalue weighted by molar-refractivity contribution is 7.70. The van der Waals surface area contributed by atoms with Gasteiger partial charge in [0.05, 0.1) is 7.11 Å². The number of rotatable bonds is 4. The van der Waals surface area contributed by atoms with Crippen LogP contribution in [-0.2, 0) is 20.5 Å². The first kappa shape index (κ1) is 13.9. The monoisotopic (exact) mass is 256 g/mol. The minimum absolute atomic E-state index is 0.120. The number of methoxy groups -OCH3 is 1. The van der Waals surface area contributed by atoms with E-state index >= 15 is 0 Å². The first-order valence-electron chi connectivity index (χ1n) is 5.25. The van der Waals surface area contributed by atoms with E-state index in [4.69, 9.17) is 0 Å². The molecule has 94 valence electrons. The van der Waals surface area contributed by atoms with Gasteiger partial charge in [0, 0.05) is 11.7 Å². The van der Waals surface area contributed by atoms with Crippen molar-refractivity contribution in [3.05, 3.63) is 29.8 Å². The summed E-state index contributed by atoms with van der Waals surface area (Å²) in [7, 11) is -1.19. The first-order valence-corrected chi connectivity index (χ1v) is 7.85. The Morgan fingerprint density at radius 1 is 1.41 bits per heavy atom. The predicted molar refractivity (Wildman–Crippen MR) is 67.3 cm³/mol. The third-order valence-corrected chi connectivity index (χ3v) is 4.05. The molecule has 5 heteroatoms. The molecule has 0 aliphatic rings. The fraction of sp³-hybridized carbons (Fsp3) is 0.417. The van der Waals surface area contributed by atoms with Gasteiger partial charge in [-0.25, -0.2) is 4.79 Å². The number of benzene rings is 1. The van der Waals surface area contributed by atoms with Crippen molar-refractivity contribution in [3.8, 4) is 0 Å². The van der Waals surface area contributed by atoms with Crippen molar-refractivity contribution < 1.29 is 19.2 Å². The molecule has 1 atom stereocenters. The summed E-state index contributed by atoms with van der Waals surface area (Å²) in [4.78, 5) is 11.1. The molecule has 1 aromatic carbocycles. The molecule has 0 aliphatic heterocycles. The summed E-state index contributed by atoms with van der Waals surface area (Å²) < 4.78 is 16.5. The standard InChI is InChI=1S/C12H17O4P/c1-16-12(14)10(13)8-9-6-4-5-7-11(9)17(2,3)15/h4-7,10,13H,8H2,1-3H3. The number of hydrogen-bond donors (Lipinski definition) is 1. The molecule has 0 saturated heterocycles. The van der Waals surface area contributed by atoms with Crippen LogP contribution in [0.5, 0.6) is 0 Å². The van der Waals surface area contributed by atoms with E-state index in [-0.39, 0.29) is 6.42 Å². The van der Waals surface area contributed by atoms with Crippen LogP contribution in [0, 0.1) is 0 Å². The largest absolute Gasteiger partial charge is 0.467 e. The summed E-state index contributed by atoms with van der Waals surface area (Å²) in [5.74, 6) is -0.679. The number of ether oxygens (including phenoxy) is 1. The fourth-order valence-electron chi connectivity index (χ4n) is 1.64. The van der Waals surface area contributed by atoms with Gasteiger partial charge in [-0.1, -0.05) is 24.3 Å². The summed E-state index contributed by atoms with van der Waals surface area (Å²) in [5, 5.41) is 10.3. The van der Waals surface area contributed by atoms with Gasteiger partial charge in [-0.3, -0.25) is 0 Å². The predicted octanol–water partition coefficient (Wildman–Crippen LogP) is 1.01. The zero-order valence-electron chi connectivity index (χ0n) is 10.2. The zero-order chi connectivity index (χ0) is 13.1. The topological polar surface area (TPSA) is 63.6 Å². The molecule has 1 unspecified atom stereocenters. The molecule has 0 heterocycles. The van der Waals surface area contributed by atoms with Gasteiger partial charge in [-0.2, -0.15) is 0 Å². The Morgan fingerprint density at radius 3 is 2.53 bits per heavy atom. The average Bonchev–Trinajstić information content (AvgIpc) is 2.27. The summed E-state index contributed by atoms with van der Waals surface area (Å²) >= 11 is 0. The third kappa shape index (κ3) is 3.69. The molecule has 0 aliphatic carbocycles. The molecular weight excluding hydrogens is 239 g/mol. The van der Waals surface area contributed by atoms with Crippen LogP contribution in [-0.4, -0.2) is 37.6 Å². The van der Waals surface area contributed by atoms with Crippen molar-refractivity contribution >= 4 is 18.4 Å². The second-order valence-corrected chi connectivity index (χ2v) is 7.41. The van der Waals surface area contributed by atoms with E-state index < -0.39 is 19.2 Å².